The van der Waals surface area contributed by atoms with Gasteiger partial charge in [0.15, 0.2) is 5.65 Å². The van der Waals surface area contributed by atoms with E-state index in [9.17, 15) is 4.79 Å². The number of halogens is 1. The first-order valence-corrected chi connectivity index (χ1v) is 9.57. The van der Waals surface area contributed by atoms with Crippen LogP contribution in [0.5, 0.6) is 0 Å². The summed E-state index contributed by atoms with van der Waals surface area (Å²) in [6, 6.07) is 15.1. The average Bonchev–Trinajstić information content (AvgIpc) is 3.07. The van der Waals surface area contributed by atoms with Gasteiger partial charge in [-0.05, 0) is 43.3 Å². The van der Waals surface area contributed by atoms with Crippen molar-refractivity contribution in [3.63, 3.8) is 0 Å². The van der Waals surface area contributed by atoms with Crippen LogP contribution in [0.1, 0.15) is 17.3 Å². The molecule has 2 heterocycles. The third kappa shape index (κ3) is 3.61. The van der Waals surface area contributed by atoms with Gasteiger partial charge in [0, 0.05) is 28.1 Å². The normalized spacial score (nSPS) is 10.8. The molecular weight excluding hydrogens is 420 g/mol. The number of fused-ring (bicyclic) bond motifs is 1. The largest absolute Gasteiger partial charge is 0.462 e. The number of rotatable bonds is 5. The molecule has 0 atom stereocenters. The molecule has 0 saturated heterocycles. The number of carbonyl (C=O) groups is 1. The second-order valence-corrected chi connectivity index (χ2v) is 6.96. The molecule has 2 aromatic heterocycles. The average molecular weight is 437 g/mol. The molecule has 0 radical (unpaired) electrons. The van der Waals surface area contributed by atoms with E-state index in [0.717, 1.165) is 32.9 Å². The summed E-state index contributed by atoms with van der Waals surface area (Å²) in [5.41, 5.74) is 3.88. The molecule has 0 aliphatic carbocycles. The van der Waals surface area contributed by atoms with Crippen LogP contribution in [-0.2, 0) is 4.74 Å². The van der Waals surface area contributed by atoms with Gasteiger partial charge in [0.25, 0.3) is 0 Å². The van der Waals surface area contributed by atoms with Crippen molar-refractivity contribution >= 4 is 39.1 Å². The Morgan fingerprint density at radius 1 is 1.21 bits per heavy atom. The highest BCUT2D eigenvalue weighted by molar-refractivity contribution is 9.10. The van der Waals surface area contributed by atoms with E-state index in [2.05, 4.69) is 26.2 Å². The van der Waals surface area contributed by atoms with E-state index in [1.807, 2.05) is 47.0 Å². The van der Waals surface area contributed by atoms with Crippen molar-refractivity contribution in [2.24, 2.45) is 0 Å². The van der Waals surface area contributed by atoms with Crippen LogP contribution in [0, 0.1) is 0 Å². The van der Waals surface area contributed by atoms with E-state index < -0.39 is 0 Å². The molecule has 28 heavy (non-hydrogen) atoms. The van der Waals surface area contributed by atoms with E-state index in [4.69, 9.17) is 9.72 Å². The Kier molecular flexibility index (Phi) is 5.08. The summed E-state index contributed by atoms with van der Waals surface area (Å²) in [5, 5.41) is 3.42. The fourth-order valence-corrected chi connectivity index (χ4v) is 3.30. The van der Waals surface area contributed by atoms with Gasteiger partial charge in [-0.15, -0.1) is 0 Å². The zero-order valence-electron chi connectivity index (χ0n) is 15.1. The fraction of sp³-hybridized carbons (Fsp3) is 0.0952. The summed E-state index contributed by atoms with van der Waals surface area (Å²) in [7, 11) is 0. The summed E-state index contributed by atoms with van der Waals surface area (Å²) < 4.78 is 7.96. The van der Waals surface area contributed by atoms with Gasteiger partial charge in [-0.1, -0.05) is 28.1 Å². The van der Waals surface area contributed by atoms with Gasteiger partial charge in [0.2, 0.25) is 0 Å². The molecule has 7 heteroatoms. The van der Waals surface area contributed by atoms with E-state index >= 15 is 0 Å². The van der Waals surface area contributed by atoms with Gasteiger partial charge in [0.1, 0.15) is 11.5 Å². The van der Waals surface area contributed by atoms with Crippen molar-refractivity contribution in [3.05, 3.63) is 77.2 Å². The number of ether oxygens (including phenoxy) is 1. The van der Waals surface area contributed by atoms with Gasteiger partial charge < -0.3 is 10.1 Å². The van der Waals surface area contributed by atoms with Crippen LogP contribution in [0.25, 0.3) is 16.9 Å². The van der Waals surface area contributed by atoms with E-state index in [1.165, 1.54) is 0 Å². The van der Waals surface area contributed by atoms with E-state index in [1.54, 1.807) is 31.5 Å². The lowest BCUT2D eigenvalue weighted by Gasteiger charge is -2.10. The van der Waals surface area contributed by atoms with Crippen molar-refractivity contribution < 1.29 is 9.53 Å². The van der Waals surface area contributed by atoms with Gasteiger partial charge in [-0.3, -0.25) is 9.38 Å². The first-order valence-electron chi connectivity index (χ1n) is 8.78. The molecule has 0 amide bonds. The zero-order valence-corrected chi connectivity index (χ0v) is 16.7. The third-order valence-corrected chi connectivity index (χ3v) is 4.68. The van der Waals surface area contributed by atoms with Crippen LogP contribution in [0.15, 0.2) is 71.6 Å². The van der Waals surface area contributed by atoms with Crippen LogP contribution < -0.4 is 5.32 Å². The molecule has 0 fully saturated rings. The van der Waals surface area contributed by atoms with Crippen LogP contribution in [0.2, 0.25) is 0 Å². The molecule has 0 spiro atoms. The minimum Gasteiger partial charge on any atom is -0.462 e. The summed E-state index contributed by atoms with van der Waals surface area (Å²) in [4.78, 5) is 20.7. The summed E-state index contributed by atoms with van der Waals surface area (Å²) in [6.45, 7) is 2.14. The number of imidazole rings is 1. The number of hydrogen-bond acceptors (Lipinski definition) is 5. The quantitative estimate of drug-likeness (QED) is 0.441. The number of nitrogens with zero attached hydrogens (tertiary/aromatic N) is 3. The molecule has 0 aliphatic rings. The lowest BCUT2D eigenvalue weighted by atomic mass is 10.1. The fourth-order valence-electron chi connectivity index (χ4n) is 2.90. The lowest BCUT2D eigenvalue weighted by Crippen LogP contribution is -2.04. The third-order valence-electron chi connectivity index (χ3n) is 4.19. The number of benzene rings is 2. The highest BCUT2D eigenvalue weighted by Gasteiger charge is 2.15. The second-order valence-electron chi connectivity index (χ2n) is 6.05. The highest BCUT2D eigenvalue weighted by atomic mass is 79.9. The molecule has 6 nitrogen and oxygen atoms in total. The molecular formula is C21H17BrN4O2. The standard InChI is InChI=1S/C21H17BrN4O2/c1-2-28-21(27)14-6-8-17(9-7-14)24-20-19(15-4-3-5-16(22)12-15)25-18-13-23-10-11-26(18)20/h3-13,24H,2H2,1H3. The number of aromatic nitrogens is 3. The Morgan fingerprint density at radius 3 is 2.79 bits per heavy atom. The molecule has 140 valence electrons. The van der Waals surface area contributed by atoms with E-state index in [0.29, 0.717) is 12.2 Å². The van der Waals surface area contributed by atoms with Crippen molar-refractivity contribution in [1.29, 1.82) is 0 Å². The minimum absolute atomic E-state index is 0.329. The maximum atomic E-state index is 11.9. The van der Waals surface area contributed by atoms with Crippen molar-refractivity contribution in [2.75, 3.05) is 11.9 Å². The first kappa shape index (κ1) is 18.2. The Labute approximate surface area is 170 Å². The lowest BCUT2D eigenvalue weighted by molar-refractivity contribution is 0.0526. The molecule has 4 rings (SSSR count). The molecule has 0 saturated carbocycles. The number of esters is 1. The topological polar surface area (TPSA) is 68.5 Å². The predicted octanol–water partition coefficient (Wildman–Crippen LogP) is 5.08. The van der Waals surface area contributed by atoms with Crippen LogP contribution in [-0.4, -0.2) is 26.9 Å². The van der Waals surface area contributed by atoms with Crippen molar-refractivity contribution in [3.8, 4) is 11.3 Å². The Balaban J connectivity index is 1.74. The van der Waals surface area contributed by atoms with Gasteiger partial charge in [-0.2, -0.15) is 0 Å². The molecule has 0 bridgehead atoms. The highest BCUT2D eigenvalue weighted by Crippen LogP contribution is 2.32. The Bertz CT molecular complexity index is 1140. The Morgan fingerprint density at radius 2 is 2.04 bits per heavy atom. The number of nitrogens with one attached hydrogen (secondary N) is 1. The predicted molar refractivity (Wildman–Crippen MR) is 112 cm³/mol. The van der Waals surface area contributed by atoms with Crippen LogP contribution >= 0.6 is 15.9 Å². The van der Waals surface area contributed by atoms with E-state index in [-0.39, 0.29) is 5.97 Å². The van der Waals surface area contributed by atoms with Gasteiger partial charge in [0.05, 0.1) is 18.4 Å². The maximum Gasteiger partial charge on any atom is 0.338 e. The maximum absolute atomic E-state index is 11.9. The number of anilines is 2. The summed E-state index contributed by atoms with van der Waals surface area (Å²) >= 11 is 3.52. The molecule has 0 aliphatic heterocycles. The molecule has 4 aromatic rings. The van der Waals surface area contributed by atoms with Crippen molar-refractivity contribution in [2.45, 2.75) is 6.92 Å². The van der Waals surface area contributed by atoms with Gasteiger partial charge in [-0.25, -0.2) is 9.78 Å². The first-order chi connectivity index (χ1) is 13.7. The monoisotopic (exact) mass is 436 g/mol. The van der Waals surface area contributed by atoms with Crippen molar-refractivity contribution in [1.82, 2.24) is 14.4 Å². The van der Waals surface area contributed by atoms with Gasteiger partial charge >= 0.3 is 5.97 Å². The SMILES string of the molecule is CCOC(=O)c1ccc(Nc2c(-c3cccc(Br)c3)nc3cnccn23)cc1. The summed E-state index contributed by atoms with van der Waals surface area (Å²) in [5.74, 6) is 0.490. The second kappa shape index (κ2) is 7.82. The smallest absolute Gasteiger partial charge is 0.338 e. The van der Waals surface area contributed by atoms with Crippen LogP contribution in [0.3, 0.4) is 0 Å². The molecule has 2 aromatic carbocycles. The number of carbonyl (C=O) groups excluding carboxylic acids is 1. The Hall–Kier alpha value is -3.19. The van der Waals surface area contributed by atoms with Crippen LogP contribution in [0.4, 0.5) is 11.5 Å². The summed E-state index contributed by atoms with van der Waals surface area (Å²) in [6.07, 6.45) is 5.30. The molecule has 1 N–H and O–H groups in total. The minimum atomic E-state index is -0.329. The number of hydrogen-bond donors (Lipinski definition) is 1. The zero-order chi connectivity index (χ0) is 19.5. The molecule has 0 unspecified atom stereocenters.